The van der Waals surface area contributed by atoms with Crippen LogP contribution in [0.15, 0.2) is 18.2 Å². The van der Waals surface area contributed by atoms with Gasteiger partial charge in [-0.2, -0.15) is 0 Å². The molecule has 0 fully saturated rings. The lowest BCUT2D eigenvalue weighted by Gasteiger charge is -2.31. The second-order valence-corrected chi connectivity index (χ2v) is 5.34. The number of nitrogens with one attached hydrogen (secondary N) is 1. The maximum Gasteiger partial charge on any atom is 0.0412 e. The minimum atomic E-state index is 0.506. The monoisotopic (exact) mass is 254 g/mol. The van der Waals surface area contributed by atoms with Crippen LogP contribution in [0.2, 0.25) is 5.02 Å². The van der Waals surface area contributed by atoms with Crippen molar-refractivity contribution < 1.29 is 0 Å². The van der Waals surface area contributed by atoms with Gasteiger partial charge in [0.05, 0.1) is 0 Å². The van der Waals surface area contributed by atoms with E-state index in [9.17, 15) is 0 Å². The first-order valence-electron chi connectivity index (χ1n) is 6.13. The third-order valence-corrected chi connectivity index (χ3v) is 3.60. The Morgan fingerprint density at radius 2 is 1.94 bits per heavy atom. The van der Waals surface area contributed by atoms with Crippen LogP contribution in [-0.2, 0) is 6.54 Å². The van der Waals surface area contributed by atoms with Crippen LogP contribution in [0.3, 0.4) is 0 Å². The van der Waals surface area contributed by atoms with E-state index in [1.807, 2.05) is 19.2 Å². The van der Waals surface area contributed by atoms with Gasteiger partial charge >= 0.3 is 0 Å². The van der Waals surface area contributed by atoms with Gasteiger partial charge in [-0.25, -0.2) is 0 Å². The number of halogens is 1. The molecule has 0 amide bonds. The molecule has 0 saturated carbocycles. The van der Waals surface area contributed by atoms with Crippen LogP contribution in [0.1, 0.15) is 26.3 Å². The first kappa shape index (κ1) is 14.3. The van der Waals surface area contributed by atoms with Crippen LogP contribution < -0.4 is 10.2 Å². The molecule has 96 valence electrons. The van der Waals surface area contributed by atoms with Gasteiger partial charge in [-0.05, 0) is 43.7 Å². The van der Waals surface area contributed by atoms with Crippen molar-refractivity contribution in [2.45, 2.75) is 33.4 Å². The maximum absolute atomic E-state index is 6.05. The predicted octanol–water partition coefficient (Wildman–Crippen LogP) is 3.54. The van der Waals surface area contributed by atoms with Crippen molar-refractivity contribution in [1.29, 1.82) is 0 Å². The zero-order valence-electron chi connectivity index (χ0n) is 11.4. The van der Waals surface area contributed by atoms with E-state index >= 15 is 0 Å². The fourth-order valence-electron chi connectivity index (χ4n) is 1.90. The van der Waals surface area contributed by atoms with Crippen LogP contribution in [0.4, 0.5) is 5.69 Å². The van der Waals surface area contributed by atoms with Crippen LogP contribution in [0.25, 0.3) is 0 Å². The molecule has 0 spiro atoms. The van der Waals surface area contributed by atoms with E-state index in [1.165, 1.54) is 11.3 Å². The first-order valence-corrected chi connectivity index (χ1v) is 6.51. The predicted molar refractivity (Wildman–Crippen MR) is 76.9 cm³/mol. The molecule has 17 heavy (non-hydrogen) atoms. The average molecular weight is 255 g/mol. The summed E-state index contributed by atoms with van der Waals surface area (Å²) in [7, 11) is 4.10. The van der Waals surface area contributed by atoms with Crippen molar-refractivity contribution in [3.63, 3.8) is 0 Å². The highest BCUT2D eigenvalue weighted by atomic mass is 35.5. The van der Waals surface area contributed by atoms with Crippen molar-refractivity contribution in [2.24, 2.45) is 5.92 Å². The van der Waals surface area contributed by atoms with Crippen LogP contribution >= 0.6 is 11.6 Å². The Hall–Kier alpha value is -0.730. The van der Waals surface area contributed by atoms with Crippen molar-refractivity contribution >= 4 is 17.3 Å². The maximum atomic E-state index is 6.05. The molecule has 0 heterocycles. The lowest BCUT2D eigenvalue weighted by atomic mass is 10.0. The highest BCUT2D eigenvalue weighted by Crippen LogP contribution is 2.26. The van der Waals surface area contributed by atoms with Gasteiger partial charge in [0, 0.05) is 30.3 Å². The SMILES string of the molecule is CNCc1cc(Cl)ccc1N(C)C(C)C(C)C. The number of benzene rings is 1. The standard InChI is InChI=1S/C14H23ClN2/c1-10(2)11(3)17(5)14-7-6-13(15)8-12(14)9-16-4/h6-8,10-11,16H,9H2,1-5H3. The van der Waals surface area contributed by atoms with Gasteiger partial charge in [0.25, 0.3) is 0 Å². The summed E-state index contributed by atoms with van der Waals surface area (Å²) in [6.07, 6.45) is 0. The molecule has 0 bridgehead atoms. The smallest absolute Gasteiger partial charge is 0.0412 e. The lowest BCUT2D eigenvalue weighted by molar-refractivity contribution is 0.504. The highest BCUT2D eigenvalue weighted by Gasteiger charge is 2.16. The van der Waals surface area contributed by atoms with Crippen molar-refractivity contribution in [3.05, 3.63) is 28.8 Å². The molecule has 1 unspecified atom stereocenters. The van der Waals surface area contributed by atoms with Crippen molar-refractivity contribution in [3.8, 4) is 0 Å². The second kappa shape index (κ2) is 6.27. The minimum absolute atomic E-state index is 0.506. The summed E-state index contributed by atoms with van der Waals surface area (Å²) in [5.74, 6) is 0.623. The topological polar surface area (TPSA) is 15.3 Å². The lowest BCUT2D eigenvalue weighted by Crippen LogP contribution is -2.34. The summed E-state index contributed by atoms with van der Waals surface area (Å²) in [4.78, 5) is 2.33. The third kappa shape index (κ3) is 3.62. The van der Waals surface area contributed by atoms with E-state index in [2.05, 4.69) is 44.1 Å². The summed E-state index contributed by atoms with van der Waals surface area (Å²) >= 11 is 6.05. The number of hydrogen-bond acceptors (Lipinski definition) is 2. The Bertz CT molecular complexity index is 363. The summed E-state index contributed by atoms with van der Waals surface area (Å²) in [5, 5.41) is 3.99. The van der Waals surface area contributed by atoms with Gasteiger partial charge in [-0.15, -0.1) is 0 Å². The van der Waals surface area contributed by atoms with Gasteiger partial charge in [0.1, 0.15) is 0 Å². The molecule has 0 aliphatic carbocycles. The normalized spacial score (nSPS) is 12.9. The molecule has 0 aliphatic heterocycles. The van der Waals surface area contributed by atoms with Gasteiger partial charge < -0.3 is 10.2 Å². The molecule has 3 heteroatoms. The third-order valence-electron chi connectivity index (χ3n) is 3.36. The van der Waals surface area contributed by atoms with E-state index in [0.29, 0.717) is 12.0 Å². The summed E-state index contributed by atoms with van der Waals surface area (Å²) in [6.45, 7) is 7.58. The van der Waals surface area contributed by atoms with E-state index in [-0.39, 0.29) is 0 Å². The van der Waals surface area contributed by atoms with Crippen LogP contribution in [-0.4, -0.2) is 20.1 Å². The van der Waals surface area contributed by atoms with Crippen molar-refractivity contribution in [1.82, 2.24) is 5.32 Å². The van der Waals surface area contributed by atoms with Gasteiger partial charge in [-0.1, -0.05) is 25.4 Å². The molecule has 0 radical (unpaired) electrons. The van der Waals surface area contributed by atoms with E-state index in [1.54, 1.807) is 0 Å². The van der Waals surface area contributed by atoms with E-state index < -0.39 is 0 Å². The van der Waals surface area contributed by atoms with Crippen LogP contribution in [0.5, 0.6) is 0 Å². The summed E-state index contributed by atoms with van der Waals surface area (Å²) in [5.41, 5.74) is 2.50. The first-order chi connectivity index (χ1) is 7.97. The number of rotatable bonds is 5. The fourth-order valence-corrected chi connectivity index (χ4v) is 2.09. The molecule has 0 saturated heterocycles. The number of anilines is 1. The van der Waals surface area contributed by atoms with Crippen LogP contribution in [0, 0.1) is 5.92 Å². The second-order valence-electron chi connectivity index (χ2n) is 4.90. The summed E-state index contributed by atoms with van der Waals surface area (Å²) < 4.78 is 0. The summed E-state index contributed by atoms with van der Waals surface area (Å²) in [6, 6.07) is 6.61. The van der Waals surface area contributed by atoms with Gasteiger partial charge in [0.15, 0.2) is 0 Å². The number of nitrogens with zero attached hydrogens (tertiary/aromatic N) is 1. The Morgan fingerprint density at radius 1 is 1.29 bits per heavy atom. The largest absolute Gasteiger partial charge is 0.371 e. The molecular formula is C14H23ClN2. The molecule has 1 aromatic carbocycles. The molecular weight excluding hydrogens is 232 g/mol. The molecule has 0 aliphatic rings. The zero-order valence-corrected chi connectivity index (χ0v) is 12.2. The number of hydrogen-bond donors (Lipinski definition) is 1. The van der Waals surface area contributed by atoms with Crippen molar-refractivity contribution in [2.75, 3.05) is 19.0 Å². The average Bonchev–Trinajstić information content (AvgIpc) is 2.27. The molecule has 1 atom stereocenters. The van der Waals surface area contributed by atoms with Gasteiger partial charge in [0.2, 0.25) is 0 Å². The molecule has 0 aromatic heterocycles. The quantitative estimate of drug-likeness (QED) is 0.865. The Labute approximate surface area is 110 Å². The zero-order chi connectivity index (χ0) is 13.0. The Balaban J connectivity index is 3.03. The van der Waals surface area contributed by atoms with Gasteiger partial charge in [-0.3, -0.25) is 0 Å². The molecule has 1 rings (SSSR count). The van der Waals surface area contributed by atoms with E-state index in [4.69, 9.17) is 11.6 Å². The highest BCUT2D eigenvalue weighted by molar-refractivity contribution is 6.30. The van der Waals surface area contributed by atoms with E-state index in [0.717, 1.165) is 11.6 Å². The molecule has 1 N–H and O–H groups in total. The Kier molecular flexibility index (Phi) is 5.29. The molecule has 1 aromatic rings. The fraction of sp³-hybridized carbons (Fsp3) is 0.571. The minimum Gasteiger partial charge on any atom is -0.371 e. The Morgan fingerprint density at radius 3 is 2.47 bits per heavy atom. The molecule has 2 nitrogen and oxygen atoms in total.